The molecule has 1 unspecified atom stereocenters. The lowest BCUT2D eigenvalue weighted by Gasteiger charge is -2.25. The minimum atomic E-state index is 0.139. The topological polar surface area (TPSA) is 38.5 Å². The van der Waals surface area contributed by atoms with Gasteiger partial charge in [0, 0.05) is 19.6 Å². The van der Waals surface area contributed by atoms with Gasteiger partial charge >= 0.3 is 0 Å². The first kappa shape index (κ1) is 15.4. The smallest absolute Gasteiger partial charge is 0.142 e. The molecule has 0 amide bonds. The molecule has 0 aliphatic carbocycles. The monoisotopic (exact) mass is 284 g/mol. The van der Waals surface area contributed by atoms with E-state index in [1.807, 2.05) is 24.3 Å². The van der Waals surface area contributed by atoms with Crippen molar-refractivity contribution in [3.63, 3.8) is 0 Å². The second kappa shape index (κ2) is 7.70. The molecule has 2 rings (SSSR count). The maximum atomic E-state index is 6.27. The van der Waals surface area contributed by atoms with Crippen LogP contribution < -0.4 is 15.4 Å². The molecule has 3 heteroatoms. The first-order valence-electron chi connectivity index (χ1n) is 7.34. The third-order valence-electron chi connectivity index (χ3n) is 3.65. The van der Waals surface area contributed by atoms with Crippen molar-refractivity contribution in [2.24, 2.45) is 5.73 Å². The molecule has 2 N–H and O–H groups in total. The largest absolute Gasteiger partial charge is 0.495 e. The van der Waals surface area contributed by atoms with E-state index < -0.39 is 0 Å². The van der Waals surface area contributed by atoms with E-state index in [0.717, 1.165) is 30.8 Å². The van der Waals surface area contributed by atoms with Crippen LogP contribution in [0.3, 0.4) is 0 Å². The number of nitrogens with two attached hydrogens (primary N) is 1. The van der Waals surface area contributed by atoms with Crippen LogP contribution in [0.25, 0.3) is 0 Å². The van der Waals surface area contributed by atoms with Crippen molar-refractivity contribution in [1.29, 1.82) is 0 Å². The summed E-state index contributed by atoms with van der Waals surface area (Å²) >= 11 is 0. The fourth-order valence-electron chi connectivity index (χ4n) is 2.48. The Labute approximate surface area is 127 Å². The lowest BCUT2D eigenvalue weighted by atomic mass is 10.1. The SMILES string of the molecule is COc1ccccc1N(C)CC(N)CCc1ccccc1. The summed E-state index contributed by atoms with van der Waals surface area (Å²) in [7, 11) is 3.75. The first-order valence-corrected chi connectivity index (χ1v) is 7.34. The Morgan fingerprint density at radius 1 is 1.05 bits per heavy atom. The van der Waals surface area contributed by atoms with Crippen LogP contribution in [0.4, 0.5) is 5.69 Å². The third-order valence-corrected chi connectivity index (χ3v) is 3.65. The van der Waals surface area contributed by atoms with Gasteiger partial charge < -0.3 is 15.4 Å². The van der Waals surface area contributed by atoms with Crippen LogP contribution in [0.1, 0.15) is 12.0 Å². The number of anilines is 1. The Balaban J connectivity index is 1.88. The van der Waals surface area contributed by atoms with Crippen LogP contribution in [0.5, 0.6) is 5.75 Å². The summed E-state index contributed by atoms with van der Waals surface area (Å²) in [4.78, 5) is 2.16. The van der Waals surface area contributed by atoms with E-state index in [4.69, 9.17) is 10.5 Å². The van der Waals surface area contributed by atoms with Crippen molar-refractivity contribution in [1.82, 2.24) is 0 Å². The lowest BCUT2D eigenvalue weighted by molar-refractivity contribution is 0.414. The molecule has 0 saturated heterocycles. The van der Waals surface area contributed by atoms with E-state index in [9.17, 15) is 0 Å². The molecule has 0 aliphatic heterocycles. The molecule has 0 radical (unpaired) electrons. The van der Waals surface area contributed by atoms with Gasteiger partial charge in [0.1, 0.15) is 5.75 Å². The van der Waals surface area contributed by atoms with Crippen molar-refractivity contribution in [3.05, 3.63) is 60.2 Å². The summed E-state index contributed by atoms with van der Waals surface area (Å²) in [5, 5.41) is 0. The molecule has 0 saturated carbocycles. The van der Waals surface area contributed by atoms with Crippen molar-refractivity contribution in [2.45, 2.75) is 18.9 Å². The van der Waals surface area contributed by atoms with Gasteiger partial charge in [-0.2, -0.15) is 0 Å². The minimum absolute atomic E-state index is 0.139. The summed E-state index contributed by atoms with van der Waals surface area (Å²) in [6.07, 6.45) is 1.99. The van der Waals surface area contributed by atoms with Crippen LogP contribution in [0.15, 0.2) is 54.6 Å². The fourth-order valence-corrected chi connectivity index (χ4v) is 2.48. The zero-order valence-electron chi connectivity index (χ0n) is 12.8. The van der Waals surface area contributed by atoms with Gasteiger partial charge in [0.05, 0.1) is 12.8 Å². The predicted molar refractivity (Wildman–Crippen MR) is 89.0 cm³/mol. The Morgan fingerprint density at radius 3 is 2.43 bits per heavy atom. The molecule has 1 atom stereocenters. The highest BCUT2D eigenvalue weighted by molar-refractivity contribution is 5.57. The second-order valence-electron chi connectivity index (χ2n) is 5.34. The molecule has 21 heavy (non-hydrogen) atoms. The molecule has 0 spiro atoms. The molecule has 112 valence electrons. The minimum Gasteiger partial charge on any atom is -0.495 e. The van der Waals surface area contributed by atoms with Crippen LogP contribution in [0, 0.1) is 0 Å². The number of nitrogens with zero attached hydrogens (tertiary/aromatic N) is 1. The van der Waals surface area contributed by atoms with E-state index in [1.165, 1.54) is 5.56 Å². The van der Waals surface area contributed by atoms with Crippen molar-refractivity contribution >= 4 is 5.69 Å². The van der Waals surface area contributed by atoms with E-state index >= 15 is 0 Å². The number of likely N-dealkylation sites (N-methyl/N-ethyl adjacent to an activating group) is 1. The highest BCUT2D eigenvalue weighted by Gasteiger charge is 2.11. The summed E-state index contributed by atoms with van der Waals surface area (Å²) in [5.41, 5.74) is 8.69. The number of methoxy groups -OCH3 is 1. The lowest BCUT2D eigenvalue weighted by Crippen LogP contribution is -2.35. The van der Waals surface area contributed by atoms with Crippen LogP contribution >= 0.6 is 0 Å². The summed E-state index contributed by atoms with van der Waals surface area (Å²) in [6.45, 7) is 0.813. The first-order chi connectivity index (χ1) is 10.2. The third kappa shape index (κ3) is 4.50. The summed E-state index contributed by atoms with van der Waals surface area (Å²) in [5.74, 6) is 0.884. The normalized spacial score (nSPS) is 12.0. The molecule has 0 fully saturated rings. The number of para-hydroxylation sites is 2. The van der Waals surface area contributed by atoms with Crippen LogP contribution in [0.2, 0.25) is 0 Å². The fraction of sp³-hybridized carbons (Fsp3) is 0.333. The van der Waals surface area contributed by atoms with Crippen molar-refractivity contribution in [2.75, 3.05) is 25.6 Å². The van der Waals surface area contributed by atoms with Gasteiger partial charge in [0.25, 0.3) is 0 Å². The van der Waals surface area contributed by atoms with Gasteiger partial charge in [0.15, 0.2) is 0 Å². The van der Waals surface area contributed by atoms with E-state index in [1.54, 1.807) is 7.11 Å². The molecule has 2 aromatic rings. The molecular formula is C18H24N2O. The van der Waals surface area contributed by atoms with Gasteiger partial charge in [0.2, 0.25) is 0 Å². The Kier molecular flexibility index (Phi) is 5.64. The zero-order chi connectivity index (χ0) is 15.1. The average Bonchev–Trinajstić information content (AvgIpc) is 2.53. The van der Waals surface area contributed by atoms with E-state index in [0.29, 0.717) is 0 Å². The molecule has 2 aromatic carbocycles. The maximum Gasteiger partial charge on any atom is 0.142 e. The maximum absolute atomic E-state index is 6.27. The number of benzene rings is 2. The predicted octanol–water partition coefficient (Wildman–Crippen LogP) is 3.09. The van der Waals surface area contributed by atoms with Crippen LogP contribution in [-0.4, -0.2) is 26.7 Å². The summed E-state index contributed by atoms with van der Waals surface area (Å²) in [6, 6.07) is 18.6. The van der Waals surface area contributed by atoms with E-state index in [2.05, 4.69) is 42.3 Å². The Morgan fingerprint density at radius 2 is 1.71 bits per heavy atom. The number of hydrogen-bond acceptors (Lipinski definition) is 3. The van der Waals surface area contributed by atoms with Gasteiger partial charge in [-0.1, -0.05) is 42.5 Å². The number of rotatable bonds is 7. The molecule has 0 aromatic heterocycles. The molecular weight excluding hydrogens is 260 g/mol. The van der Waals surface area contributed by atoms with Gasteiger partial charge in [-0.25, -0.2) is 0 Å². The van der Waals surface area contributed by atoms with Crippen molar-refractivity contribution in [3.8, 4) is 5.75 Å². The van der Waals surface area contributed by atoms with E-state index in [-0.39, 0.29) is 6.04 Å². The van der Waals surface area contributed by atoms with Crippen molar-refractivity contribution < 1.29 is 4.74 Å². The van der Waals surface area contributed by atoms with Gasteiger partial charge in [-0.3, -0.25) is 0 Å². The zero-order valence-corrected chi connectivity index (χ0v) is 12.8. The highest BCUT2D eigenvalue weighted by Crippen LogP contribution is 2.26. The Hall–Kier alpha value is -2.00. The average molecular weight is 284 g/mol. The quantitative estimate of drug-likeness (QED) is 0.849. The second-order valence-corrected chi connectivity index (χ2v) is 5.34. The molecule has 3 nitrogen and oxygen atoms in total. The standard InChI is InChI=1S/C18H24N2O/c1-20(17-10-6-7-11-18(17)21-2)14-16(19)13-12-15-8-4-3-5-9-15/h3-11,16H,12-14,19H2,1-2H3. The Bertz CT molecular complexity index is 542. The molecule has 0 heterocycles. The van der Waals surface area contributed by atoms with Crippen LogP contribution in [-0.2, 0) is 6.42 Å². The number of ether oxygens (including phenoxy) is 1. The number of aryl methyl sites for hydroxylation is 1. The summed E-state index contributed by atoms with van der Waals surface area (Å²) < 4.78 is 5.39. The number of hydrogen-bond donors (Lipinski definition) is 1. The molecule has 0 bridgehead atoms. The van der Waals surface area contributed by atoms with Gasteiger partial charge in [-0.05, 0) is 30.5 Å². The highest BCUT2D eigenvalue weighted by atomic mass is 16.5. The van der Waals surface area contributed by atoms with Gasteiger partial charge in [-0.15, -0.1) is 0 Å². The molecule has 0 aliphatic rings.